The van der Waals surface area contributed by atoms with Crippen LogP contribution in [-0.4, -0.2) is 41.1 Å². The van der Waals surface area contributed by atoms with Crippen molar-refractivity contribution in [3.63, 3.8) is 0 Å². The fourth-order valence-electron chi connectivity index (χ4n) is 1.75. The Hall–Kier alpha value is -1.01. The number of rotatable bonds is 9. The summed E-state index contributed by atoms with van der Waals surface area (Å²) in [5, 5.41) is 12.5. The first kappa shape index (κ1) is 17.0. The molecule has 0 fully saturated rings. The predicted octanol–water partition coefficient (Wildman–Crippen LogP) is 2.80. The zero-order valence-corrected chi connectivity index (χ0v) is 13.8. The Morgan fingerprint density at radius 2 is 2.10 bits per heavy atom. The Bertz CT molecular complexity index is 406. The minimum atomic E-state index is 0.0144. The van der Waals surface area contributed by atoms with E-state index in [2.05, 4.69) is 48.2 Å². The zero-order valence-electron chi connectivity index (χ0n) is 13.0. The number of nitrogens with zero attached hydrogens (tertiary/aromatic N) is 3. The summed E-state index contributed by atoms with van der Waals surface area (Å²) in [6.45, 7) is 8.28. The monoisotopic (exact) mass is 298 g/mol. The highest BCUT2D eigenvalue weighted by Crippen LogP contribution is 2.18. The number of carbonyl (C=O) groups excluding carboxylic acids is 1. The highest BCUT2D eigenvalue weighted by Gasteiger charge is 2.10. The molecule has 0 aromatic carbocycles. The van der Waals surface area contributed by atoms with Crippen LogP contribution in [0.15, 0.2) is 0 Å². The zero-order chi connectivity index (χ0) is 15.0. The fraction of sp³-hybridized carbons (Fsp3) is 0.786. The van der Waals surface area contributed by atoms with Crippen LogP contribution < -0.4 is 5.32 Å². The molecule has 1 heterocycles. The highest BCUT2D eigenvalue weighted by atomic mass is 32.1. The molecule has 0 aliphatic heterocycles. The molecule has 6 heteroatoms. The Balaban J connectivity index is 2.29. The minimum Gasteiger partial charge on any atom is -0.306 e. The van der Waals surface area contributed by atoms with Crippen molar-refractivity contribution in [3.05, 3.63) is 5.01 Å². The van der Waals surface area contributed by atoms with Crippen LogP contribution in [0.25, 0.3) is 0 Å². The van der Waals surface area contributed by atoms with E-state index >= 15 is 0 Å². The van der Waals surface area contributed by atoms with E-state index in [0.29, 0.717) is 17.5 Å². The third-order valence-corrected chi connectivity index (χ3v) is 3.77. The average molecular weight is 298 g/mol. The molecule has 0 atom stereocenters. The van der Waals surface area contributed by atoms with Crippen molar-refractivity contribution >= 4 is 22.4 Å². The summed E-state index contributed by atoms with van der Waals surface area (Å²) in [7, 11) is 2.05. The Morgan fingerprint density at radius 3 is 2.75 bits per heavy atom. The summed E-state index contributed by atoms with van der Waals surface area (Å²) in [6.07, 6.45) is 3.76. The van der Waals surface area contributed by atoms with E-state index < -0.39 is 0 Å². The molecule has 0 aliphatic carbocycles. The Morgan fingerprint density at radius 1 is 1.35 bits per heavy atom. The van der Waals surface area contributed by atoms with Gasteiger partial charge in [-0.05, 0) is 25.9 Å². The molecule has 0 saturated carbocycles. The molecule has 1 rings (SSSR count). The number of anilines is 1. The summed E-state index contributed by atoms with van der Waals surface area (Å²) in [5.74, 6) is 0.569. The Kier molecular flexibility index (Phi) is 7.69. The number of nitrogens with one attached hydrogen (secondary N) is 1. The highest BCUT2D eigenvalue weighted by molar-refractivity contribution is 7.15. The SMILES string of the molecule is CCCCN(C)CCC(=O)Nc1nnc(CC(C)C)s1. The van der Waals surface area contributed by atoms with E-state index in [1.54, 1.807) is 0 Å². The summed E-state index contributed by atoms with van der Waals surface area (Å²) in [5.41, 5.74) is 0. The average Bonchev–Trinajstić information content (AvgIpc) is 2.80. The van der Waals surface area contributed by atoms with Crippen molar-refractivity contribution in [2.24, 2.45) is 5.92 Å². The van der Waals surface area contributed by atoms with Gasteiger partial charge in [0.25, 0.3) is 0 Å². The summed E-state index contributed by atoms with van der Waals surface area (Å²) < 4.78 is 0. The van der Waals surface area contributed by atoms with Crippen LogP contribution in [0, 0.1) is 5.92 Å². The number of amides is 1. The molecule has 0 radical (unpaired) electrons. The molecule has 1 aromatic heterocycles. The molecule has 114 valence electrons. The first-order chi connectivity index (χ1) is 9.51. The van der Waals surface area contributed by atoms with E-state index in [9.17, 15) is 4.79 Å². The van der Waals surface area contributed by atoms with Gasteiger partial charge in [0.1, 0.15) is 5.01 Å². The van der Waals surface area contributed by atoms with E-state index in [1.807, 2.05) is 0 Å². The van der Waals surface area contributed by atoms with Gasteiger partial charge in [-0.25, -0.2) is 0 Å². The van der Waals surface area contributed by atoms with Crippen LogP contribution in [0.5, 0.6) is 0 Å². The smallest absolute Gasteiger partial charge is 0.227 e. The molecular formula is C14H26N4OS. The second-order valence-electron chi connectivity index (χ2n) is 5.55. The first-order valence-electron chi connectivity index (χ1n) is 7.32. The molecule has 20 heavy (non-hydrogen) atoms. The van der Waals surface area contributed by atoms with Crippen molar-refractivity contribution in [2.75, 3.05) is 25.5 Å². The molecular weight excluding hydrogens is 272 g/mol. The van der Waals surface area contributed by atoms with Gasteiger partial charge in [-0.1, -0.05) is 38.5 Å². The lowest BCUT2D eigenvalue weighted by atomic mass is 10.1. The molecule has 1 aromatic rings. The van der Waals surface area contributed by atoms with Gasteiger partial charge in [-0.15, -0.1) is 10.2 Å². The molecule has 0 aliphatic rings. The lowest BCUT2D eigenvalue weighted by molar-refractivity contribution is -0.116. The lowest BCUT2D eigenvalue weighted by Crippen LogP contribution is -2.25. The summed E-state index contributed by atoms with van der Waals surface area (Å²) in [4.78, 5) is 14.0. The molecule has 0 unspecified atom stereocenters. The van der Waals surface area contributed by atoms with Crippen molar-refractivity contribution in [1.29, 1.82) is 0 Å². The van der Waals surface area contributed by atoms with Crippen LogP contribution in [0.1, 0.15) is 45.0 Å². The molecule has 5 nitrogen and oxygen atoms in total. The van der Waals surface area contributed by atoms with Crippen molar-refractivity contribution in [2.45, 2.75) is 46.5 Å². The van der Waals surface area contributed by atoms with Crippen LogP contribution in [0.4, 0.5) is 5.13 Å². The molecule has 1 N–H and O–H groups in total. The number of carbonyl (C=O) groups is 1. The van der Waals surface area contributed by atoms with Gasteiger partial charge in [0.05, 0.1) is 0 Å². The second-order valence-corrected chi connectivity index (χ2v) is 6.62. The van der Waals surface area contributed by atoms with E-state index in [1.165, 1.54) is 24.2 Å². The van der Waals surface area contributed by atoms with Gasteiger partial charge in [0.15, 0.2) is 0 Å². The molecule has 0 bridgehead atoms. The van der Waals surface area contributed by atoms with Gasteiger partial charge in [0.2, 0.25) is 11.0 Å². The summed E-state index contributed by atoms with van der Waals surface area (Å²) in [6, 6.07) is 0. The van der Waals surface area contributed by atoms with Crippen LogP contribution >= 0.6 is 11.3 Å². The number of aromatic nitrogens is 2. The third-order valence-electron chi connectivity index (χ3n) is 2.91. The maximum atomic E-state index is 11.8. The second kappa shape index (κ2) is 9.02. The molecule has 0 spiro atoms. The Labute approximate surface area is 125 Å². The third kappa shape index (κ3) is 6.96. The first-order valence-corrected chi connectivity index (χ1v) is 8.13. The van der Waals surface area contributed by atoms with Crippen molar-refractivity contribution in [1.82, 2.24) is 15.1 Å². The lowest BCUT2D eigenvalue weighted by Gasteiger charge is -2.15. The van der Waals surface area contributed by atoms with E-state index in [4.69, 9.17) is 0 Å². The normalized spacial score (nSPS) is 11.3. The topological polar surface area (TPSA) is 58.1 Å². The van der Waals surface area contributed by atoms with Crippen LogP contribution in [-0.2, 0) is 11.2 Å². The standard InChI is InChI=1S/C14H26N4OS/c1-5-6-8-18(4)9-7-12(19)15-14-17-16-13(20-14)10-11(2)3/h11H,5-10H2,1-4H3,(H,15,17,19). The van der Waals surface area contributed by atoms with Crippen LogP contribution in [0.3, 0.4) is 0 Å². The number of hydrogen-bond acceptors (Lipinski definition) is 5. The maximum Gasteiger partial charge on any atom is 0.227 e. The van der Waals surface area contributed by atoms with Gasteiger partial charge in [0, 0.05) is 19.4 Å². The molecule has 1 amide bonds. The van der Waals surface area contributed by atoms with Gasteiger partial charge >= 0.3 is 0 Å². The van der Waals surface area contributed by atoms with Crippen LogP contribution in [0.2, 0.25) is 0 Å². The van der Waals surface area contributed by atoms with Crippen molar-refractivity contribution < 1.29 is 4.79 Å². The van der Waals surface area contributed by atoms with Gasteiger partial charge in [-0.3, -0.25) is 4.79 Å². The minimum absolute atomic E-state index is 0.0144. The van der Waals surface area contributed by atoms with Crippen molar-refractivity contribution in [3.8, 4) is 0 Å². The number of unbranched alkanes of at least 4 members (excludes halogenated alkanes) is 1. The molecule has 0 saturated heterocycles. The van der Waals surface area contributed by atoms with E-state index in [-0.39, 0.29) is 5.91 Å². The van der Waals surface area contributed by atoms with Gasteiger partial charge in [-0.2, -0.15) is 0 Å². The largest absolute Gasteiger partial charge is 0.306 e. The number of hydrogen-bond donors (Lipinski definition) is 1. The van der Waals surface area contributed by atoms with Gasteiger partial charge < -0.3 is 10.2 Å². The maximum absolute atomic E-state index is 11.8. The van der Waals surface area contributed by atoms with E-state index in [0.717, 1.165) is 24.5 Å². The predicted molar refractivity (Wildman–Crippen MR) is 84.1 cm³/mol. The summed E-state index contributed by atoms with van der Waals surface area (Å²) >= 11 is 1.47. The quantitative estimate of drug-likeness (QED) is 0.761. The fourth-order valence-corrected chi connectivity index (χ4v) is 2.72.